The summed E-state index contributed by atoms with van der Waals surface area (Å²) in [6.07, 6.45) is 3.16. The zero-order valence-electron chi connectivity index (χ0n) is 10.8. The Kier molecular flexibility index (Phi) is 2.67. The molecule has 0 spiro atoms. The van der Waals surface area contributed by atoms with Crippen molar-refractivity contribution in [2.24, 2.45) is 0 Å². The van der Waals surface area contributed by atoms with Crippen molar-refractivity contribution in [3.8, 4) is 0 Å². The summed E-state index contributed by atoms with van der Waals surface area (Å²) in [7, 11) is 0. The number of fused-ring (bicyclic) bond motifs is 1. The summed E-state index contributed by atoms with van der Waals surface area (Å²) in [6, 6.07) is 6.16. The van der Waals surface area contributed by atoms with Gasteiger partial charge in [-0.25, -0.2) is 0 Å². The van der Waals surface area contributed by atoms with Crippen LogP contribution in [0.4, 0.5) is 5.69 Å². The van der Waals surface area contributed by atoms with Crippen LogP contribution in [0.25, 0.3) is 0 Å². The third kappa shape index (κ3) is 2.03. The highest BCUT2D eigenvalue weighted by Crippen LogP contribution is 2.30. The highest BCUT2D eigenvalue weighted by atomic mass is 16.3. The van der Waals surface area contributed by atoms with Crippen LogP contribution in [0.15, 0.2) is 18.2 Å². The molecule has 1 N–H and O–H groups in total. The minimum atomic E-state index is -0.511. The second kappa shape index (κ2) is 4.09. The van der Waals surface area contributed by atoms with Gasteiger partial charge >= 0.3 is 0 Å². The summed E-state index contributed by atoms with van der Waals surface area (Å²) < 4.78 is 0. The molecule has 1 aromatic rings. The number of carbonyl (C=O) groups excluding carboxylic acids is 1. The topological polar surface area (TPSA) is 40.5 Å². The average Bonchev–Trinajstić information content (AvgIpc) is 2.71. The van der Waals surface area contributed by atoms with E-state index >= 15 is 0 Å². The summed E-state index contributed by atoms with van der Waals surface area (Å²) in [5.41, 5.74) is 2.78. The lowest BCUT2D eigenvalue weighted by molar-refractivity contribution is 0.0351. The van der Waals surface area contributed by atoms with Gasteiger partial charge in [0, 0.05) is 30.8 Å². The molecule has 18 heavy (non-hydrogen) atoms. The number of rotatable bonds is 1. The fourth-order valence-electron chi connectivity index (χ4n) is 2.89. The van der Waals surface area contributed by atoms with Crippen LogP contribution in [0.5, 0.6) is 0 Å². The maximum Gasteiger partial charge on any atom is 0.163 e. The monoisotopic (exact) mass is 245 g/mol. The number of ketones is 1. The zero-order valence-corrected chi connectivity index (χ0v) is 10.8. The first-order valence-electron chi connectivity index (χ1n) is 6.69. The minimum absolute atomic E-state index is 0.276. The molecule has 1 aromatic carbocycles. The van der Waals surface area contributed by atoms with Crippen LogP contribution in [-0.4, -0.2) is 29.6 Å². The lowest BCUT2D eigenvalue weighted by Gasteiger charge is -2.37. The highest BCUT2D eigenvalue weighted by Gasteiger charge is 2.28. The Balaban J connectivity index is 1.80. The maximum atomic E-state index is 11.6. The molecule has 0 saturated carbocycles. The first kappa shape index (κ1) is 11.7. The lowest BCUT2D eigenvalue weighted by atomic mass is 9.93. The first-order chi connectivity index (χ1) is 8.55. The maximum absolute atomic E-state index is 11.6. The molecule has 0 amide bonds. The molecule has 0 aromatic heterocycles. The van der Waals surface area contributed by atoms with E-state index in [9.17, 15) is 9.90 Å². The Morgan fingerprint density at radius 3 is 2.67 bits per heavy atom. The summed E-state index contributed by atoms with van der Waals surface area (Å²) in [5, 5.41) is 9.96. The molecule has 1 aliphatic heterocycles. The van der Waals surface area contributed by atoms with Gasteiger partial charge in [-0.15, -0.1) is 0 Å². The smallest absolute Gasteiger partial charge is 0.163 e. The predicted octanol–water partition coefficient (Wildman–Crippen LogP) is 2.17. The number of anilines is 1. The van der Waals surface area contributed by atoms with Gasteiger partial charge in [0.25, 0.3) is 0 Å². The van der Waals surface area contributed by atoms with Crippen molar-refractivity contribution in [3.05, 3.63) is 29.3 Å². The summed E-state index contributed by atoms with van der Waals surface area (Å²) in [5.74, 6) is 0.276. The molecule has 0 bridgehead atoms. The molecule has 2 aliphatic rings. The number of Topliss-reactive ketones (excluding diaryl/α,β-unsaturated/α-hetero) is 1. The van der Waals surface area contributed by atoms with Crippen molar-refractivity contribution in [2.45, 2.75) is 38.2 Å². The number of carbonyl (C=O) groups is 1. The van der Waals surface area contributed by atoms with Crippen molar-refractivity contribution in [3.63, 3.8) is 0 Å². The minimum Gasteiger partial charge on any atom is -0.390 e. The van der Waals surface area contributed by atoms with Crippen molar-refractivity contribution >= 4 is 11.5 Å². The van der Waals surface area contributed by atoms with Gasteiger partial charge in [0.15, 0.2) is 5.78 Å². The molecule has 3 heteroatoms. The number of piperidine rings is 1. The number of aryl methyl sites for hydroxylation is 1. The molecule has 0 atom stereocenters. The second-order valence-electron chi connectivity index (χ2n) is 5.75. The van der Waals surface area contributed by atoms with E-state index in [1.807, 2.05) is 19.1 Å². The third-order valence-electron chi connectivity index (χ3n) is 4.22. The van der Waals surface area contributed by atoms with E-state index < -0.39 is 5.60 Å². The van der Waals surface area contributed by atoms with E-state index in [1.165, 1.54) is 11.3 Å². The molecule has 0 unspecified atom stereocenters. The molecule has 1 saturated heterocycles. The second-order valence-corrected chi connectivity index (χ2v) is 5.75. The largest absolute Gasteiger partial charge is 0.390 e. The van der Waals surface area contributed by atoms with Gasteiger partial charge in [-0.05, 0) is 49.9 Å². The van der Waals surface area contributed by atoms with Crippen molar-refractivity contribution in [2.75, 3.05) is 18.0 Å². The van der Waals surface area contributed by atoms with E-state index in [1.54, 1.807) is 0 Å². The van der Waals surface area contributed by atoms with Crippen molar-refractivity contribution in [1.82, 2.24) is 0 Å². The van der Waals surface area contributed by atoms with E-state index in [4.69, 9.17) is 0 Å². The van der Waals surface area contributed by atoms with E-state index in [0.29, 0.717) is 6.42 Å². The van der Waals surface area contributed by atoms with Crippen molar-refractivity contribution < 1.29 is 9.90 Å². The van der Waals surface area contributed by atoms with Gasteiger partial charge in [0.05, 0.1) is 5.60 Å². The lowest BCUT2D eigenvalue weighted by Crippen LogP contribution is -2.42. The van der Waals surface area contributed by atoms with Crippen LogP contribution in [0, 0.1) is 0 Å². The molecule has 3 nitrogen and oxygen atoms in total. The molecule has 1 aliphatic carbocycles. The van der Waals surface area contributed by atoms with E-state index in [0.717, 1.165) is 37.9 Å². The Bertz CT molecular complexity index is 483. The van der Waals surface area contributed by atoms with Gasteiger partial charge in [-0.1, -0.05) is 0 Å². The number of benzene rings is 1. The Morgan fingerprint density at radius 2 is 1.94 bits per heavy atom. The summed E-state index contributed by atoms with van der Waals surface area (Å²) in [4.78, 5) is 13.9. The Labute approximate surface area is 107 Å². The van der Waals surface area contributed by atoms with Crippen LogP contribution in [-0.2, 0) is 6.42 Å². The predicted molar refractivity (Wildman–Crippen MR) is 71.2 cm³/mol. The quantitative estimate of drug-likeness (QED) is 0.824. The number of hydrogen-bond donors (Lipinski definition) is 1. The van der Waals surface area contributed by atoms with E-state index in [2.05, 4.69) is 11.0 Å². The Morgan fingerprint density at radius 1 is 1.22 bits per heavy atom. The van der Waals surface area contributed by atoms with Gasteiger partial charge < -0.3 is 10.0 Å². The van der Waals surface area contributed by atoms with Gasteiger partial charge in [-0.3, -0.25) is 4.79 Å². The van der Waals surface area contributed by atoms with Crippen LogP contribution in [0.3, 0.4) is 0 Å². The van der Waals surface area contributed by atoms with Crippen LogP contribution in [0.1, 0.15) is 42.1 Å². The highest BCUT2D eigenvalue weighted by molar-refractivity contribution is 6.00. The fraction of sp³-hybridized carbons (Fsp3) is 0.533. The molecule has 0 radical (unpaired) electrons. The molecule has 96 valence electrons. The van der Waals surface area contributed by atoms with Crippen LogP contribution < -0.4 is 4.90 Å². The number of hydrogen-bond acceptors (Lipinski definition) is 3. The van der Waals surface area contributed by atoms with Crippen molar-refractivity contribution in [1.29, 1.82) is 0 Å². The first-order valence-corrected chi connectivity index (χ1v) is 6.69. The molecule has 1 fully saturated rings. The van der Waals surface area contributed by atoms with E-state index in [-0.39, 0.29) is 5.78 Å². The molecular formula is C15H19NO2. The van der Waals surface area contributed by atoms with Gasteiger partial charge in [0.1, 0.15) is 0 Å². The van der Waals surface area contributed by atoms with Gasteiger partial charge in [0.2, 0.25) is 0 Å². The standard InChI is InChI=1S/C15H19NO2/c1-15(18)6-8-16(9-7-15)12-3-4-13-11(10-12)2-5-14(13)17/h3-4,10,18H,2,5-9H2,1H3. The fourth-order valence-corrected chi connectivity index (χ4v) is 2.89. The van der Waals surface area contributed by atoms with Crippen LogP contribution in [0.2, 0.25) is 0 Å². The van der Waals surface area contributed by atoms with Crippen LogP contribution >= 0.6 is 0 Å². The normalized spacial score (nSPS) is 22.1. The molecular weight excluding hydrogens is 226 g/mol. The SMILES string of the molecule is CC1(O)CCN(c2ccc3c(c2)CCC3=O)CC1. The number of nitrogens with zero attached hydrogens (tertiary/aromatic N) is 1. The third-order valence-corrected chi connectivity index (χ3v) is 4.22. The average molecular weight is 245 g/mol. The molecule has 3 rings (SSSR count). The zero-order chi connectivity index (χ0) is 12.8. The van der Waals surface area contributed by atoms with Gasteiger partial charge in [-0.2, -0.15) is 0 Å². The Hall–Kier alpha value is -1.35. The molecule has 1 heterocycles. The summed E-state index contributed by atoms with van der Waals surface area (Å²) in [6.45, 7) is 3.69. The summed E-state index contributed by atoms with van der Waals surface area (Å²) >= 11 is 0. The number of aliphatic hydroxyl groups is 1.